The first-order chi connectivity index (χ1) is 12.4. The van der Waals surface area contributed by atoms with Crippen LogP contribution in [0.25, 0.3) is 0 Å². The van der Waals surface area contributed by atoms with Crippen LogP contribution < -0.4 is 10.1 Å². The average molecular weight is 415 g/mol. The van der Waals surface area contributed by atoms with Crippen LogP contribution in [0.2, 0.25) is 10.0 Å². The molecule has 0 atom stereocenters. The van der Waals surface area contributed by atoms with Gasteiger partial charge >= 0.3 is 5.97 Å². The van der Waals surface area contributed by atoms with Gasteiger partial charge in [-0.3, -0.25) is 9.59 Å². The molecule has 9 heteroatoms. The van der Waals surface area contributed by atoms with Crippen molar-refractivity contribution in [2.45, 2.75) is 11.8 Å². The van der Waals surface area contributed by atoms with Gasteiger partial charge in [-0.1, -0.05) is 23.2 Å². The first-order valence-electron chi connectivity index (χ1n) is 7.44. The number of nitrogens with one attached hydrogen (secondary N) is 1. The molecule has 1 aromatic carbocycles. The van der Waals surface area contributed by atoms with Gasteiger partial charge in [0.05, 0.1) is 28.6 Å². The minimum atomic E-state index is -0.538. The zero-order valence-electron chi connectivity index (χ0n) is 14.0. The van der Waals surface area contributed by atoms with E-state index in [0.29, 0.717) is 10.7 Å². The number of thioether (sulfide) groups is 1. The van der Waals surface area contributed by atoms with Crippen molar-refractivity contribution >= 4 is 52.7 Å². The van der Waals surface area contributed by atoms with Crippen LogP contribution in [0.3, 0.4) is 0 Å². The van der Waals surface area contributed by atoms with E-state index in [0.717, 1.165) is 10.6 Å². The summed E-state index contributed by atoms with van der Waals surface area (Å²) in [7, 11) is 1.58. The molecule has 0 aliphatic heterocycles. The third-order valence-corrected chi connectivity index (χ3v) is 4.80. The van der Waals surface area contributed by atoms with Crippen LogP contribution in [0.1, 0.15) is 5.69 Å². The van der Waals surface area contributed by atoms with E-state index in [-0.39, 0.29) is 16.6 Å². The second-order valence-corrected chi connectivity index (χ2v) is 6.92. The molecule has 2 aromatic rings. The number of rotatable bonds is 7. The Morgan fingerprint density at radius 2 is 1.88 bits per heavy atom. The standard InChI is InChI=1S/C17H16Cl2N2O4S/c1-10-13(18)7-14(19)17(20-10)21-15(22)8-25-16(23)9-26-12-5-3-11(24-2)4-6-12/h3-7H,8-9H2,1-2H3,(H,20,21,22). The number of aryl methyl sites for hydroxylation is 1. The zero-order valence-corrected chi connectivity index (χ0v) is 16.4. The topological polar surface area (TPSA) is 77.5 Å². The Labute approximate surface area is 165 Å². The van der Waals surface area contributed by atoms with Crippen LogP contribution in [0.15, 0.2) is 35.2 Å². The minimum Gasteiger partial charge on any atom is -0.497 e. The summed E-state index contributed by atoms with van der Waals surface area (Å²) in [6.45, 7) is 1.26. The van der Waals surface area contributed by atoms with E-state index < -0.39 is 18.5 Å². The van der Waals surface area contributed by atoms with Gasteiger partial charge in [-0.05, 0) is 37.3 Å². The van der Waals surface area contributed by atoms with Crippen molar-refractivity contribution in [3.05, 3.63) is 46.1 Å². The molecule has 1 heterocycles. The fourth-order valence-electron chi connectivity index (χ4n) is 1.82. The third kappa shape index (κ3) is 6.09. The van der Waals surface area contributed by atoms with Gasteiger partial charge in [0.2, 0.25) is 0 Å². The van der Waals surface area contributed by atoms with Crippen molar-refractivity contribution in [2.75, 3.05) is 24.8 Å². The van der Waals surface area contributed by atoms with E-state index in [9.17, 15) is 9.59 Å². The third-order valence-electron chi connectivity index (χ3n) is 3.14. The SMILES string of the molecule is COc1ccc(SCC(=O)OCC(=O)Nc2nc(C)c(Cl)cc2Cl)cc1. The quantitative estimate of drug-likeness (QED) is 0.545. The largest absolute Gasteiger partial charge is 0.497 e. The summed E-state index contributed by atoms with van der Waals surface area (Å²) in [5.41, 5.74) is 0.527. The molecule has 0 aliphatic rings. The van der Waals surface area contributed by atoms with Crippen LogP contribution in [-0.2, 0) is 14.3 Å². The number of benzene rings is 1. The molecule has 1 N–H and O–H groups in total. The van der Waals surface area contributed by atoms with Crippen LogP contribution in [-0.4, -0.2) is 36.3 Å². The molecule has 6 nitrogen and oxygen atoms in total. The predicted molar refractivity (Wildman–Crippen MR) is 102 cm³/mol. The average Bonchev–Trinajstić information content (AvgIpc) is 2.63. The highest BCUT2D eigenvalue weighted by atomic mass is 35.5. The number of ether oxygens (including phenoxy) is 2. The Balaban J connectivity index is 1.77. The Hall–Kier alpha value is -1.96. The highest BCUT2D eigenvalue weighted by Crippen LogP contribution is 2.25. The number of anilines is 1. The second kappa shape index (κ2) is 9.66. The van der Waals surface area contributed by atoms with Crippen molar-refractivity contribution in [1.29, 1.82) is 0 Å². The van der Waals surface area contributed by atoms with Crippen molar-refractivity contribution < 1.29 is 19.1 Å². The molecule has 0 saturated heterocycles. The molecular weight excluding hydrogens is 399 g/mol. The lowest BCUT2D eigenvalue weighted by Crippen LogP contribution is -2.22. The summed E-state index contributed by atoms with van der Waals surface area (Å²) >= 11 is 13.2. The van der Waals surface area contributed by atoms with Crippen molar-refractivity contribution in [2.24, 2.45) is 0 Å². The number of carbonyl (C=O) groups excluding carboxylic acids is 2. The maximum absolute atomic E-state index is 11.9. The maximum Gasteiger partial charge on any atom is 0.316 e. The van der Waals surface area contributed by atoms with Gasteiger partial charge in [0.1, 0.15) is 5.75 Å². The van der Waals surface area contributed by atoms with E-state index in [1.54, 1.807) is 26.2 Å². The first kappa shape index (κ1) is 20.4. The van der Waals surface area contributed by atoms with Crippen LogP contribution in [0.4, 0.5) is 5.82 Å². The van der Waals surface area contributed by atoms with Crippen LogP contribution in [0, 0.1) is 6.92 Å². The monoisotopic (exact) mass is 414 g/mol. The first-order valence-corrected chi connectivity index (χ1v) is 9.18. The predicted octanol–water partition coefficient (Wildman–Crippen LogP) is 3.98. The molecule has 1 amide bonds. The molecule has 0 radical (unpaired) electrons. The normalized spacial score (nSPS) is 10.3. The Morgan fingerprint density at radius 1 is 1.19 bits per heavy atom. The molecular formula is C17H16Cl2N2O4S. The second-order valence-electron chi connectivity index (χ2n) is 5.06. The molecule has 0 spiro atoms. The number of hydrogen-bond donors (Lipinski definition) is 1. The minimum absolute atomic E-state index is 0.0820. The molecule has 26 heavy (non-hydrogen) atoms. The number of halogens is 2. The van der Waals surface area contributed by atoms with Crippen molar-refractivity contribution in [3.8, 4) is 5.75 Å². The van der Waals surface area contributed by atoms with Gasteiger partial charge < -0.3 is 14.8 Å². The summed E-state index contributed by atoms with van der Waals surface area (Å²) in [4.78, 5) is 28.6. The molecule has 0 unspecified atom stereocenters. The van der Waals surface area contributed by atoms with Gasteiger partial charge in [0, 0.05) is 4.90 Å². The van der Waals surface area contributed by atoms with E-state index in [1.165, 1.54) is 17.8 Å². The number of carbonyl (C=O) groups is 2. The summed E-state index contributed by atoms with van der Waals surface area (Å²) in [5.74, 6) is -0.0599. The summed E-state index contributed by atoms with van der Waals surface area (Å²) in [6.07, 6.45) is 0. The highest BCUT2D eigenvalue weighted by molar-refractivity contribution is 8.00. The van der Waals surface area contributed by atoms with E-state index >= 15 is 0 Å². The molecule has 0 saturated carbocycles. The fourth-order valence-corrected chi connectivity index (χ4v) is 2.92. The smallest absolute Gasteiger partial charge is 0.316 e. The molecule has 0 aliphatic carbocycles. The summed E-state index contributed by atoms with van der Waals surface area (Å²) in [6, 6.07) is 8.75. The summed E-state index contributed by atoms with van der Waals surface area (Å²) < 4.78 is 10.0. The van der Waals surface area contributed by atoms with E-state index in [1.807, 2.05) is 12.1 Å². The zero-order chi connectivity index (χ0) is 19.1. The van der Waals surface area contributed by atoms with Gasteiger partial charge in [-0.15, -0.1) is 11.8 Å². The summed E-state index contributed by atoms with van der Waals surface area (Å²) in [5, 5.41) is 3.08. The van der Waals surface area contributed by atoms with Gasteiger partial charge in [-0.25, -0.2) is 4.98 Å². The molecule has 138 valence electrons. The molecule has 0 fully saturated rings. The highest BCUT2D eigenvalue weighted by Gasteiger charge is 2.12. The van der Waals surface area contributed by atoms with Crippen molar-refractivity contribution in [1.82, 2.24) is 4.98 Å². The lowest BCUT2D eigenvalue weighted by molar-refractivity contribution is -0.144. The molecule has 1 aromatic heterocycles. The van der Waals surface area contributed by atoms with Gasteiger partial charge in [0.25, 0.3) is 5.91 Å². The van der Waals surface area contributed by atoms with Crippen LogP contribution in [0.5, 0.6) is 5.75 Å². The van der Waals surface area contributed by atoms with E-state index in [2.05, 4.69) is 10.3 Å². The number of pyridine rings is 1. The lowest BCUT2D eigenvalue weighted by Gasteiger charge is -2.09. The number of nitrogens with zero attached hydrogens (tertiary/aromatic N) is 1. The lowest BCUT2D eigenvalue weighted by atomic mass is 10.3. The van der Waals surface area contributed by atoms with E-state index in [4.69, 9.17) is 32.7 Å². The van der Waals surface area contributed by atoms with Crippen molar-refractivity contribution in [3.63, 3.8) is 0 Å². The fraction of sp³-hybridized carbons (Fsp3) is 0.235. The van der Waals surface area contributed by atoms with Gasteiger partial charge in [0.15, 0.2) is 12.4 Å². The molecule has 2 rings (SSSR count). The Morgan fingerprint density at radius 3 is 2.54 bits per heavy atom. The number of esters is 1. The Kier molecular flexibility index (Phi) is 7.56. The number of methoxy groups -OCH3 is 1. The number of amides is 1. The van der Waals surface area contributed by atoms with Gasteiger partial charge in [-0.2, -0.15) is 0 Å². The molecule has 0 bridgehead atoms. The number of hydrogen-bond acceptors (Lipinski definition) is 6. The maximum atomic E-state index is 11.9. The number of aromatic nitrogens is 1. The Bertz CT molecular complexity index is 800. The van der Waals surface area contributed by atoms with Crippen LogP contribution >= 0.6 is 35.0 Å².